The van der Waals surface area contributed by atoms with Crippen LogP contribution in [0.5, 0.6) is 5.75 Å². The molecule has 0 heterocycles. The van der Waals surface area contributed by atoms with Crippen molar-refractivity contribution in [1.82, 2.24) is 0 Å². The number of ether oxygens (including phenoxy) is 1. The first kappa shape index (κ1) is 13.7. The maximum atomic E-state index is 10.9. The van der Waals surface area contributed by atoms with E-state index in [0.717, 1.165) is 11.3 Å². The van der Waals surface area contributed by atoms with E-state index in [4.69, 9.17) is 15.6 Å². The van der Waals surface area contributed by atoms with Gasteiger partial charge in [-0.1, -0.05) is 6.07 Å². The predicted octanol–water partition coefficient (Wildman–Crippen LogP) is 3.03. The zero-order valence-electron chi connectivity index (χ0n) is 11.3. The van der Waals surface area contributed by atoms with Crippen molar-refractivity contribution in [2.45, 2.75) is 6.92 Å². The number of hydrogen-bond acceptors (Lipinski definition) is 4. The Labute approximate surface area is 117 Å². The highest BCUT2D eigenvalue weighted by Gasteiger charge is 2.09. The molecule has 2 aromatic rings. The fourth-order valence-electron chi connectivity index (χ4n) is 1.87. The van der Waals surface area contributed by atoms with Gasteiger partial charge in [0.2, 0.25) is 0 Å². The number of hydrogen-bond donors (Lipinski definition) is 3. The molecule has 5 heteroatoms. The molecule has 0 atom stereocenters. The molecule has 2 aromatic carbocycles. The molecule has 5 nitrogen and oxygen atoms in total. The van der Waals surface area contributed by atoms with Crippen LogP contribution < -0.4 is 15.8 Å². The van der Waals surface area contributed by atoms with Crippen LogP contribution in [0.4, 0.5) is 17.1 Å². The number of nitrogens with one attached hydrogen (secondary N) is 1. The third-order valence-electron chi connectivity index (χ3n) is 2.92. The summed E-state index contributed by atoms with van der Waals surface area (Å²) in [4.78, 5) is 10.9. The molecule has 104 valence electrons. The summed E-state index contributed by atoms with van der Waals surface area (Å²) in [5.74, 6) is -0.311. The number of benzene rings is 2. The molecule has 20 heavy (non-hydrogen) atoms. The SMILES string of the molecule is COc1ccc(C)cc1Nc1ccc(C(=O)O)cc1N. The van der Waals surface area contributed by atoms with Crippen LogP contribution in [0.1, 0.15) is 15.9 Å². The molecule has 0 aliphatic carbocycles. The number of nitrogen functional groups attached to an aromatic ring is 1. The van der Waals surface area contributed by atoms with Gasteiger partial charge >= 0.3 is 5.97 Å². The normalized spacial score (nSPS) is 10.1. The first-order valence-corrected chi connectivity index (χ1v) is 6.05. The van der Waals surface area contributed by atoms with E-state index in [9.17, 15) is 4.79 Å². The Morgan fingerprint density at radius 2 is 1.95 bits per heavy atom. The molecular weight excluding hydrogens is 256 g/mol. The number of carboxylic acids is 1. The highest BCUT2D eigenvalue weighted by Crippen LogP contribution is 2.31. The quantitative estimate of drug-likeness (QED) is 0.745. The second kappa shape index (κ2) is 5.52. The molecule has 0 fully saturated rings. The molecule has 0 radical (unpaired) electrons. The first-order chi connectivity index (χ1) is 9.51. The number of methoxy groups -OCH3 is 1. The van der Waals surface area contributed by atoms with Crippen LogP contribution >= 0.6 is 0 Å². The Bertz CT molecular complexity index is 654. The summed E-state index contributed by atoms with van der Waals surface area (Å²) >= 11 is 0. The van der Waals surface area contributed by atoms with Gasteiger partial charge in [-0.25, -0.2) is 4.79 Å². The maximum Gasteiger partial charge on any atom is 0.335 e. The number of carbonyl (C=O) groups is 1. The van der Waals surface area contributed by atoms with Gasteiger partial charge in [-0.2, -0.15) is 0 Å². The summed E-state index contributed by atoms with van der Waals surface area (Å²) in [6.45, 7) is 1.97. The first-order valence-electron chi connectivity index (χ1n) is 6.05. The Morgan fingerprint density at radius 1 is 1.20 bits per heavy atom. The maximum absolute atomic E-state index is 10.9. The lowest BCUT2D eigenvalue weighted by Gasteiger charge is -2.14. The lowest BCUT2D eigenvalue weighted by Crippen LogP contribution is -2.02. The summed E-state index contributed by atoms with van der Waals surface area (Å²) in [6, 6.07) is 10.3. The van der Waals surface area contributed by atoms with Crippen LogP contribution in [0.15, 0.2) is 36.4 Å². The van der Waals surface area contributed by atoms with Crippen molar-refractivity contribution < 1.29 is 14.6 Å². The lowest BCUT2D eigenvalue weighted by atomic mass is 10.1. The van der Waals surface area contributed by atoms with Gasteiger partial charge in [0, 0.05) is 0 Å². The van der Waals surface area contributed by atoms with Gasteiger partial charge < -0.3 is 20.9 Å². The Kier molecular flexibility index (Phi) is 3.79. The molecule has 0 spiro atoms. The Hall–Kier alpha value is -2.69. The highest BCUT2D eigenvalue weighted by molar-refractivity contribution is 5.91. The minimum absolute atomic E-state index is 0.157. The summed E-state index contributed by atoms with van der Waals surface area (Å²) in [5.41, 5.74) is 8.89. The largest absolute Gasteiger partial charge is 0.495 e. The molecule has 0 amide bonds. The minimum Gasteiger partial charge on any atom is -0.495 e. The molecule has 0 saturated heterocycles. The second-order valence-corrected chi connectivity index (χ2v) is 4.44. The van der Waals surface area contributed by atoms with Crippen molar-refractivity contribution in [3.05, 3.63) is 47.5 Å². The monoisotopic (exact) mass is 272 g/mol. The Morgan fingerprint density at radius 3 is 2.55 bits per heavy atom. The standard InChI is InChI=1S/C15H16N2O3/c1-9-3-6-14(20-2)13(7-9)17-12-5-4-10(15(18)19)8-11(12)16/h3-8,17H,16H2,1-2H3,(H,18,19). The summed E-state index contributed by atoms with van der Waals surface area (Å²) in [7, 11) is 1.59. The second-order valence-electron chi connectivity index (χ2n) is 4.44. The zero-order valence-corrected chi connectivity index (χ0v) is 11.3. The number of carboxylic acid groups (broad SMARTS) is 1. The summed E-state index contributed by atoms with van der Waals surface area (Å²) < 4.78 is 5.28. The third-order valence-corrected chi connectivity index (χ3v) is 2.92. The van der Waals surface area contributed by atoms with Crippen LogP contribution in [0.25, 0.3) is 0 Å². The topological polar surface area (TPSA) is 84.6 Å². The number of aryl methyl sites for hydroxylation is 1. The van der Waals surface area contributed by atoms with Gasteiger partial charge in [0.1, 0.15) is 5.75 Å². The average Bonchev–Trinajstić information content (AvgIpc) is 2.41. The molecular formula is C15H16N2O3. The van der Waals surface area contributed by atoms with E-state index in [1.807, 2.05) is 25.1 Å². The molecule has 4 N–H and O–H groups in total. The number of aromatic carboxylic acids is 1. The van der Waals surface area contributed by atoms with Crippen LogP contribution in [0.2, 0.25) is 0 Å². The predicted molar refractivity (Wildman–Crippen MR) is 78.8 cm³/mol. The van der Waals surface area contributed by atoms with Gasteiger partial charge in [0.05, 0.1) is 29.7 Å². The van der Waals surface area contributed by atoms with Gasteiger partial charge in [0.25, 0.3) is 0 Å². The molecule has 0 aliphatic rings. The van der Waals surface area contributed by atoms with Crippen molar-refractivity contribution in [3.8, 4) is 5.75 Å². The molecule has 0 aliphatic heterocycles. The van der Waals surface area contributed by atoms with Crippen LogP contribution in [0, 0.1) is 6.92 Å². The van der Waals surface area contributed by atoms with E-state index < -0.39 is 5.97 Å². The fourth-order valence-corrected chi connectivity index (χ4v) is 1.87. The van der Waals surface area contributed by atoms with Crippen molar-refractivity contribution >= 4 is 23.0 Å². The van der Waals surface area contributed by atoms with Crippen LogP contribution in [0.3, 0.4) is 0 Å². The molecule has 0 unspecified atom stereocenters. The van der Waals surface area contributed by atoms with Crippen LogP contribution in [-0.4, -0.2) is 18.2 Å². The van der Waals surface area contributed by atoms with Gasteiger partial charge in [-0.3, -0.25) is 0 Å². The van der Waals surface area contributed by atoms with E-state index in [1.54, 1.807) is 13.2 Å². The summed E-state index contributed by atoms with van der Waals surface area (Å²) in [6.07, 6.45) is 0. The molecule has 0 bridgehead atoms. The van der Waals surface area contributed by atoms with Gasteiger partial charge in [-0.05, 0) is 42.8 Å². The molecule has 2 rings (SSSR count). The smallest absolute Gasteiger partial charge is 0.335 e. The van der Waals surface area contributed by atoms with E-state index in [1.165, 1.54) is 12.1 Å². The van der Waals surface area contributed by atoms with Crippen molar-refractivity contribution in [2.24, 2.45) is 0 Å². The highest BCUT2D eigenvalue weighted by atomic mass is 16.5. The number of rotatable bonds is 4. The van der Waals surface area contributed by atoms with E-state index in [0.29, 0.717) is 17.1 Å². The fraction of sp³-hybridized carbons (Fsp3) is 0.133. The van der Waals surface area contributed by atoms with Crippen molar-refractivity contribution in [2.75, 3.05) is 18.2 Å². The van der Waals surface area contributed by atoms with E-state index in [-0.39, 0.29) is 5.56 Å². The summed E-state index contributed by atoms with van der Waals surface area (Å²) in [5, 5.41) is 12.1. The van der Waals surface area contributed by atoms with Crippen molar-refractivity contribution in [3.63, 3.8) is 0 Å². The Balaban J connectivity index is 2.35. The minimum atomic E-state index is -1.00. The number of anilines is 3. The van der Waals surface area contributed by atoms with E-state index in [2.05, 4.69) is 5.32 Å². The van der Waals surface area contributed by atoms with Crippen molar-refractivity contribution in [1.29, 1.82) is 0 Å². The van der Waals surface area contributed by atoms with Gasteiger partial charge in [0.15, 0.2) is 0 Å². The van der Waals surface area contributed by atoms with E-state index >= 15 is 0 Å². The lowest BCUT2D eigenvalue weighted by molar-refractivity contribution is 0.0697. The average molecular weight is 272 g/mol. The van der Waals surface area contributed by atoms with Gasteiger partial charge in [-0.15, -0.1) is 0 Å². The molecule has 0 saturated carbocycles. The number of nitrogens with two attached hydrogens (primary N) is 1. The third kappa shape index (κ3) is 2.83. The zero-order chi connectivity index (χ0) is 14.7. The molecule has 0 aromatic heterocycles. The van der Waals surface area contributed by atoms with Crippen LogP contribution in [-0.2, 0) is 0 Å².